The summed E-state index contributed by atoms with van der Waals surface area (Å²) in [7, 11) is -2.37. The minimum absolute atomic E-state index is 0.0424. The first-order chi connectivity index (χ1) is 8.04. The highest BCUT2D eigenvalue weighted by Crippen LogP contribution is 2.24. The van der Waals surface area contributed by atoms with Crippen molar-refractivity contribution < 1.29 is 13.5 Å². The molecule has 0 aromatic carbocycles. The van der Waals surface area contributed by atoms with Gasteiger partial charge in [0.1, 0.15) is 10.0 Å². The summed E-state index contributed by atoms with van der Waals surface area (Å²) in [6.07, 6.45) is 1.13. The summed E-state index contributed by atoms with van der Waals surface area (Å²) in [4.78, 5) is 3.62. The van der Waals surface area contributed by atoms with Gasteiger partial charge in [0.15, 0.2) is 0 Å². The Labute approximate surface area is 116 Å². The van der Waals surface area contributed by atoms with Crippen molar-refractivity contribution >= 4 is 33.2 Å². The summed E-state index contributed by atoms with van der Waals surface area (Å²) in [5.41, 5.74) is -1.13. The number of likely N-dealkylation sites (N-methyl/N-ethyl adjacent to an activating group) is 1. The lowest BCUT2D eigenvalue weighted by atomic mass is 10.1. The second-order valence-corrected chi connectivity index (χ2v) is 7.33. The van der Waals surface area contributed by atoms with Gasteiger partial charge in [0.25, 0.3) is 0 Å². The third-order valence-electron chi connectivity index (χ3n) is 2.09. The third kappa shape index (κ3) is 3.80. The Morgan fingerprint density at radius 3 is 2.44 bits per heavy atom. The minimum Gasteiger partial charge on any atom is -0.389 e. The van der Waals surface area contributed by atoms with E-state index in [1.165, 1.54) is 27.0 Å². The number of aromatic nitrogens is 1. The van der Waals surface area contributed by atoms with Crippen LogP contribution in [0.5, 0.6) is 0 Å². The van der Waals surface area contributed by atoms with Gasteiger partial charge >= 0.3 is 0 Å². The zero-order valence-corrected chi connectivity index (χ0v) is 12.5. The van der Waals surface area contributed by atoms with Crippen LogP contribution >= 0.6 is 23.2 Å². The molecule has 1 N–H and O–H groups in total. The Balaban J connectivity index is 3.10. The summed E-state index contributed by atoms with van der Waals surface area (Å²) in [5, 5.41) is 9.73. The van der Waals surface area contributed by atoms with Crippen molar-refractivity contribution in [3.05, 3.63) is 22.4 Å². The Bertz CT molecular complexity index is 541. The second kappa shape index (κ2) is 5.30. The molecule has 0 fully saturated rings. The number of sulfonamides is 1. The van der Waals surface area contributed by atoms with Crippen LogP contribution in [0.4, 0.5) is 0 Å². The Hall–Kier alpha value is -0.400. The fourth-order valence-corrected chi connectivity index (χ4v) is 2.99. The average Bonchev–Trinajstić information content (AvgIpc) is 2.19. The largest absolute Gasteiger partial charge is 0.389 e. The van der Waals surface area contributed by atoms with Crippen LogP contribution in [0.25, 0.3) is 0 Å². The number of halogens is 2. The van der Waals surface area contributed by atoms with Crippen LogP contribution in [0.3, 0.4) is 0 Å². The molecule has 1 rings (SSSR count). The molecule has 18 heavy (non-hydrogen) atoms. The minimum atomic E-state index is -3.74. The quantitative estimate of drug-likeness (QED) is 0.860. The van der Waals surface area contributed by atoms with Gasteiger partial charge < -0.3 is 5.11 Å². The van der Waals surface area contributed by atoms with Crippen molar-refractivity contribution in [1.82, 2.24) is 9.29 Å². The zero-order chi connectivity index (χ0) is 14.1. The molecule has 102 valence electrons. The summed E-state index contributed by atoms with van der Waals surface area (Å²) in [6.45, 7) is 2.99. The number of hydrogen-bond acceptors (Lipinski definition) is 4. The molecule has 0 unspecified atom stereocenters. The van der Waals surface area contributed by atoms with E-state index >= 15 is 0 Å². The molecule has 5 nitrogen and oxygen atoms in total. The van der Waals surface area contributed by atoms with E-state index in [0.29, 0.717) is 0 Å². The fraction of sp³-hybridized carbons (Fsp3) is 0.500. The molecule has 0 aliphatic heterocycles. The van der Waals surface area contributed by atoms with Gasteiger partial charge in [-0.15, -0.1) is 0 Å². The third-order valence-corrected chi connectivity index (χ3v) is 4.54. The Morgan fingerprint density at radius 1 is 1.44 bits per heavy atom. The van der Waals surface area contributed by atoms with Crippen LogP contribution in [0, 0.1) is 0 Å². The van der Waals surface area contributed by atoms with Crippen LogP contribution in [0.15, 0.2) is 17.2 Å². The summed E-state index contributed by atoms with van der Waals surface area (Å²) >= 11 is 11.4. The SMILES string of the molecule is CN(CC(C)(C)O)S(=O)(=O)c1cnc(Cl)c(Cl)c1. The van der Waals surface area contributed by atoms with Crippen LogP contribution < -0.4 is 0 Å². The number of aliphatic hydroxyl groups is 1. The van der Waals surface area contributed by atoms with Crippen molar-refractivity contribution in [2.75, 3.05) is 13.6 Å². The van der Waals surface area contributed by atoms with Gasteiger partial charge in [-0.25, -0.2) is 13.4 Å². The normalized spacial score (nSPS) is 13.1. The summed E-state index contributed by atoms with van der Waals surface area (Å²) < 4.78 is 25.3. The van der Waals surface area contributed by atoms with Gasteiger partial charge in [-0.2, -0.15) is 4.31 Å². The monoisotopic (exact) mass is 312 g/mol. The van der Waals surface area contributed by atoms with Gasteiger partial charge in [0.2, 0.25) is 10.0 Å². The van der Waals surface area contributed by atoms with Crippen LogP contribution in [-0.4, -0.2) is 42.0 Å². The lowest BCUT2D eigenvalue weighted by Crippen LogP contribution is -2.39. The molecule has 1 heterocycles. The smallest absolute Gasteiger partial charge is 0.244 e. The topological polar surface area (TPSA) is 70.5 Å². The van der Waals surface area contributed by atoms with Crippen molar-refractivity contribution in [1.29, 1.82) is 0 Å². The molecule has 8 heteroatoms. The molecule has 0 aliphatic rings. The maximum atomic E-state index is 12.1. The van der Waals surface area contributed by atoms with Gasteiger partial charge in [-0.3, -0.25) is 0 Å². The highest BCUT2D eigenvalue weighted by molar-refractivity contribution is 7.89. The van der Waals surface area contributed by atoms with Crippen molar-refractivity contribution in [3.8, 4) is 0 Å². The first-order valence-corrected chi connectivity index (χ1v) is 7.23. The summed E-state index contributed by atoms with van der Waals surface area (Å²) in [5.74, 6) is 0. The zero-order valence-electron chi connectivity index (χ0n) is 10.2. The van der Waals surface area contributed by atoms with Gasteiger partial charge in [0.05, 0.1) is 10.6 Å². The molecule has 0 saturated heterocycles. The molecule has 0 amide bonds. The molecule has 1 aromatic rings. The molecular weight excluding hydrogens is 299 g/mol. The van der Waals surface area contributed by atoms with E-state index in [0.717, 1.165) is 10.5 Å². The molecule has 0 bridgehead atoms. The molecule has 0 aliphatic carbocycles. The highest BCUT2D eigenvalue weighted by atomic mass is 35.5. The second-order valence-electron chi connectivity index (χ2n) is 4.52. The van der Waals surface area contributed by atoms with E-state index in [2.05, 4.69) is 4.98 Å². The van der Waals surface area contributed by atoms with Crippen molar-refractivity contribution in [2.24, 2.45) is 0 Å². The van der Waals surface area contributed by atoms with Gasteiger partial charge in [-0.05, 0) is 19.9 Å². The highest BCUT2D eigenvalue weighted by Gasteiger charge is 2.27. The predicted octanol–water partition coefficient (Wildman–Crippen LogP) is 1.78. The number of hydrogen-bond donors (Lipinski definition) is 1. The number of pyridine rings is 1. The number of nitrogens with zero attached hydrogens (tertiary/aromatic N) is 2. The van der Waals surface area contributed by atoms with E-state index in [1.807, 2.05) is 0 Å². The fourth-order valence-electron chi connectivity index (χ4n) is 1.35. The Morgan fingerprint density at radius 2 is 2.00 bits per heavy atom. The maximum Gasteiger partial charge on any atom is 0.244 e. The summed E-state index contributed by atoms with van der Waals surface area (Å²) in [6, 6.07) is 1.23. The van der Waals surface area contributed by atoms with Crippen LogP contribution in [-0.2, 0) is 10.0 Å². The molecule has 1 aromatic heterocycles. The first kappa shape index (κ1) is 15.7. The molecular formula is C10H14Cl2N2O3S. The average molecular weight is 313 g/mol. The Kier molecular flexibility index (Phi) is 4.61. The van der Waals surface area contributed by atoms with E-state index < -0.39 is 15.6 Å². The number of rotatable bonds is 4. The molecule has 0 spiro atoms. The van der Waals surface area contributed by atoms with Gasteiger partial charge in [0, 0.05) is 19.8 Å². The molecule has 0 saturated carbocycles. The van der Waals surface area contributed by atoms with Crippen molar-refractivity contribution in [3.63, 3.8) is 0 Å². The molecule has 0 radical (unpaired) electrons. The van der Waals surface area contributed by atoms with Crippen molar-refractivity contribution in [2.45, 2.75) is 24.3 Å². The lowest BCUT2D eigenvalue weighted by molar-refractivity contribution is 0.0640. The predicted molar refractivity (Wildman–Crippen MR) is 70.4 cm³/mol. The van der Waals surface area contributed by atoms with E-state index in [9.17, 15) is 13.5 Å². The van der Waals surface area contributed by atoms with E-state index in [-0.39, 0.29) is 21.6 Å². The van der Waals surface area contributed by atoms with E-state index in [1.54, 1.807) is 0 Å². The first-order valence-electron chi connectivity index (χ1n) is 5.04. The van der Waals surface area contributed by atoms with Crippen LogP contribution in [0.1, 0.15) is 13.8 Å². The van der Waals surface area contributed by atoms with E-state index in [4.69, 9.17) is 23.2 Å². The molecule has 0 atom stereocenters. The standard InChI is InChI=1S/C10H14Cl2N2O3S/c1-10(2,15)6-14(3)18(16,17)7-4-8(11)9(12)13-5-7/h4-5,15H,6H2,1-3H3. The van der Waals surface area contributed by atoms with Crippen LogP contribution in [0.2, 0.25) is 10.2 Å². The lowest BCUT2D eigenvalue weighted by Gasteiger charge is -2.25. The van der Waals surface area contributed by atoms with Gasteiger partial charge in [-0.1, -0.05) is 23.2 Å². The maximum absolute atomic E-state index is 12.1.